The van der Waals surface area contributed by atoms with E-state index < -0.39 is 5.82 Å². The minimum atomic E-state index is -0.407. The summed E-state index contributed by atoms with van der Waals surface area (Å²) in [6.07, 6.45) is 0.646. The number of halogens is 2. The van der Waals surface area contributed by atoms with E-state index in [-0.39, 0.29) is 12.1 Å². The molecule has 2 rings (SSSR count). The van der Waals surface area contributed by atoms with Crippen molar-refractivity contribution in [3.63, 3.8) is 0 Å². The van der Waals surface area contributed by atoms with E-state index in [1.807, 2.05) is 0 Å². The first-order chi connectivity index (χ1) is 6.65. The largest absolute Gasteiger partial charge is 0.457 e. The van der Waals surface area contributed by atoms with Gasteiger partial charge in [0.1, 0.15) is 11.9 Å². The van der Waals surface area contributed by atoms with Crippen LogP contribution in [0.4, 0.5) is 4.39 Å². The maximum absolute atomic E-state index is 13.0. The average molecular weight is 215 g/mol. The number of ether oxygens (including phenoxy) is 1. The zero-order chi connectivity index (χ0) is 10.1. The molecule has 74 valence electrons. The van der Waals surface area contributed by atoms with Crippen LogP contribution in [0.3, 0.4) is 0 Å². The van der Waals surface area contributed by atoms with Crippen LogP contribution >= 0.6 is 11.6 Å². The lowest BCUT2D eigenvalue weighted by Gasteiger charge is -2.09. The third-order valence-electron chi connectivity index (χ3n) is 2.14. The SMILES string of the molecule is O=C1CC[C@H](c2cc(F)cc(Cl)c2)O1. The first kappa shape index (κ1) is 9.46. The lowest BCUT2D eigenvalue weighted by atomic mass is 10.1. The molecule has 2 nitrogen and oxygen atoms in total. The normalized spacial score (nSPS) is 21.0. The molecule has 1 heterocycles. The number of cyclic esters (lactones) is 1. The number of hydrogen-bond donors (Lipinski definition) is 0. The summed E-state index contributed by atoms with van der Waals surface area (Å²) in [4.78, 5) is 10.8. The second-order valence-electron chi connectivity index (χ2n) is 3.22. The molecule has 1 aliphatic rings. The standard InChI is InChI=1S/C10H8ClFO2/c11-7-3-6(4-8(12)5-7)9-1-2-10(13)14-9/h3-5,9H,1-2H2/t9-/m1/s1. The predicted molar refractivity (Wildman–Crippen MR) is 49.5 cm³/mol. The first-order valence-electron chi connectivity index (χ1n) is 4.30. The Kier molecular flexibility index (Phi) is 2.42. The summed E-state index contributed by atoms with van der Waals surface area (Å²) in [5.74, 6) is -0.647. The van der Waals surface area contributed by atoms with Crippen LogP contribution in [-0.4, -0.2) is 5.97 Å². The summed E-state index contributed by atoms with van der Waals surface area (Å²) in [5, 5.41) is 0.322. The molecule has 1 atom stereocenters. The van der Waals surface area contributed by atoms with Gasteiger partial charge in [-0.2, -0.15) is 0 Å². The Balaban J connectivity index is 2.27. The highest BCUT2D eigenvalue weighted by molar-refractivity contribution is 6.30. The van der Waals surface area contributed by atoms with Gasteiger partial charge in [-0.05, 0) is 30.2 Å². The van der Waals surface area contributed by atoms with E-state index in [1.165, 1.54) is 12.1 Å². The molecule has 14 heavy (non-hydrogen) atoms. The van der Waals surface area contributed by atoms with Crippen molar-refractivity contribution in [2.75, 3.05) is 0 Å². The molecule has 0 aliphatic carbocycles. The average Bonchev–Trinajstić information content (AvgIpc) is 2.50. The van der Waals surface area contributed by atoms with E-state index in [4.69, 9.17) is 16.3 Å². The number of carbonyl (C=O) groups excluding carboxylic acids is 1. The highest BCUT2D eigenvalue weighted by atomic mass is 35.5. The highest BCUT2D eigenvalue weighted by Gasteiger charge is 2.25. The summed E-state index contributed by atoms with van der Waals surface area (Å²) in [6.45, 7) is 0. The lowest BCUT2D eigenvalue weighted by molar-refractivity contribution is -0.141. The number of carbonyl (C=O) groups is 1. The van der Waals surface area contributed by atoms with Crippen LogP contribution in [0.15, 0.2) is 18.2 Å². The van der Waals surface area contributed by atoms with E-state index >= 15 is 0 Å². The summed E-state index contributed by atoms with van der Waals surface area (Å²) in [6, 6.07) is 4.19. The monoisotopic (exact) mass is 214 g/mol. The zero-order valence-electron chi connectivity index (χ0n) is 7.30. The van der Waals surface area contributed by atoms with Crippen molar-refractivity contribution in [3.05, 3.63) is 34.6 Å². The highest BCUT2D eigenvalue weighted by Crippen LogP contribution is 2.31. The quantitative estimate of drug-likeness (QED) is 0.672. The van der Waals surface area contributed by atoms with Gasteiger partial charge in [-0.1, -0.05) is 11.6 Å². The molecule has 0 aromatic heterocycles. The van der Waals surface area contributed by atoms with Crippen LogP contribution in [0, 0.1) is 5.82 Å². The van der Waals surface area contributed by atoms with Crippen molar-refractivity contribution >= 4 is 17.6 Å². The predicted octanol–water partition coefficient (Wildman–Crippen LogP) is 2.86. The maximum atomic E-state index is 13.0. The fourth-order valence-corrected chi connectivity index (χ4v) is 1.75. The van der Waals surface area contributed by atoms with Crippen molar-refractivity contribution in [2.45, 2.75) is 18.9 Å². The minimum Gasteiger partial charge on any atom is -0.457 e. The van der Waals surface area contributed by atoms with Crippen LogP contribution < -0.4 is 0 Å². The van der Waals surface area contributed by atoms with Crippen LogP contribution in [0.25, 0.3) is 0 Å². The number of hydrogen-bond acceptors (Lipinski definition) is 2. The van der Waals surface area contributed by atoms with Crippen molar-refractivity contribution < 1.29 is 13.9 Å². The van der Waals surface area contributed by atoms with Crippen molar-refractivity contribution in [3.8, 4) is 0 Å². The smallest absolute Gasteiger partial charge is 0.306 e. The van der Waals surface area contributed by atoms with Gasteiger partial charge in [0.25, 0.3) is 0 Å². The van der Waals surface area contributed by atoms with Crippen LogP contribution in [0.2, 0.25) is 5.02 Å². The van der Waals surface area contributed by atoms with Crippen molar-refractivity contribution in [1.82, 2.24) is 0 Å². The molecule has 0 bridgehead atoms. The molecule has 0 N–H and O–H groups in total. The van der Waals surface area contributed by atoms with Gasteiger partial charge in [0.2, 0.25) is 0 Å². The van der Waals surface area contributed by atoms with Gasteiger partial charge in [-0.15, -0.1) is 0 Å². The number of benzene rings is 1. The van der Waals surface area contributed by atoms with Crippen molar-refractivity contribution in [2.24, 2.45) is 0 Å². The first-order valence-corrected chi connectivity index (χ1v) is 4.68. The molecule has 0 radical (unpaired) electrons. The second-order valence-corrected chi connectivity index (χ2v) is 3.66. The van der Waals surface area contributed by atoms with Gasteiger partial charge in [-0.3, -0.25) is 4.79 Å². The van der Waals surface area contributed by atoms with Crippen LogP contribution in [-0.2, 0) is 9.53 Å². The molecule has 0 unspecified atom stereocenters. The van der Waals surface area contributed by atoms with Gasteiger partial charge in [-0.25, -0.2) is 4.39 Å². The molecular formula is C10H8ClFO2. The van der Waals surface area contributed by atoms with E-state index in [0.717, 1.165) is 0 Å². The number of rotatable bonds is 1. The third-order valence-corrected chi connectivity index (χ3v) is 2.36. The molecule has 1 saturated heterocycles. The summed E-state index contributed by atoms with van der Waals surface area (Å²) >= 11 is 5.68. The fourth-order valence-electron chi connectivity index (χ4n) is 1.52. The van der Waals surface area contributed by atoms with E-state index in [1.54, 1.807) is 6.07 Å². The van der Waals surface area contributed by atoms with E-state index in [9.17, 15) is 9.18 Å². The Morgan fingerprint density at radius 1 is 1.43 bits per heavy atom. The lowest BCUT2D eigenvalue weighted by Crippen LogP contribution is -1.99. The summed E-state index contributed by atoms with van der Waals surface area (Å²) in [7, 11) is 0. The summed E-state index contributed by atoms with van der Waals surface area (Å²) < 4.78 is 17.9. The Hall–Kier alpha value is -1.09. The minimum absolute atomic E-state index is 0.240. The molecule has 0 saturated carbocycles. The number of esters is 1. The second kappa shape index (κ2) is 3.58. The molecule has 0 amide bonds. The zero-order valence-corrected chi connectivity index (χ0v) is 8.05. The molecule has 1 aromatic carbocycles. The Morgan fingerprint density at radius 2 is 2.21 bits per heavy atom. The summed E-state index contributed by atoms with van der Waals surface area (Å²) in [5.41, 5.74) is 0.626. The van der Waals surface area contributed by atoms with Crippen LogP contribution in [0.5, 0.6) is 0 Å². The van der Waals surface area contributed by atoms with Gasteiger partial charge >= 0.3 is 5.97 Å². The van der Waals surface area contributed by atoms with Gasteiger partial charge in [0, 0.05) is 11.4 Å². The van der Waals surface area contributed by atoms with Gasteiger partial charge < -0.3 is 4.74 Å². The molecule has 0 spiro atoms. The molecule has 1 fully saturated rings. The fraction of sp³-hybridized carbons (Fsp3) is 0.300. The third kappa shape index (κ3) is 1.87. The van der Waals surface area contributed by atoms with E-state index in [2.05, 4.69) is 0 Å². The topological polar surface area (TPSA) is 26.3 Å². The Labute approximate surface area is 85.6 Å². The molecule has 1 aliphatic heterocycles. The van der Waals surface area contributed by atoms with Gasteiger partial charge in [0.05, 0.1) is 0 Å². The Bertz CT molecular complexity index is 358. The molecular weight excluding hydrogens is 207 g/mol. The van der Waals surface area contributed by atoms with Gasteiger partial charge in [0.15, 0.2) is 0 Å². The molecule has 1 aromatic rings. The van der Waals surface area contributed by atoms with E-state index in [0.29, 0.717) is 23.4 Å². The molecule has 4 heteroatoms. The van der Waals surface area contributed by atoms with Crippen molar-refractivity contribution in [1.29, 1.82) is 0 Å². The Morgan fingerprint density at radius 3 is 2.79 bits per heavy atom. The maximum Gasteiger partial charge on any atom is 0.306 e. The van der Waals surface area contributed by atoms with Crippen LogP contribution in [0.1, 0.15) is 24.5 Å².